The number of piperidine rings is 1. The van der Waals surface area contributed by atoms with Crippen molar-refractivity contribution in [1.82, 2.24) is 20.4 Å². The highest BCUT2D eigenvalue weighted by molar-refractivity contribution is 5.74. The van der Waals surface area contributed by atoms with Gasteiger partial charge in [-0.15, -0.1) is 0 Å². The number of hydrogen-bond acceptors (Lipinski definition) is 3. The molecule has 1 atom stereocenters. The lowest BCUT2D eigenvalue weighted by molar-refractivity contribution is -0.173. The van der Waals surface area contributed by atoms with E-state index in [0.29, 0.717) is 6.54 Å². The predicted molar refractivity (Wildman–Crippen MR) is 72.2 cm³/mol. The number of carbonyl (C=O) groups excluding carboxylic acids is 1. The number of amides is 2. The molecule has 22 heavy (non-hydrogen) atoms. The zero-order chi connectivity index (χ0) is 16.0. The Balaban J connectivity index is 1.78. The topological polar surface area (TPSA) is 70.2 Å². The van der Waals surface area contributed by atoms with Crippen molar-refractivity contribution in [2.75, 3.05) is 26.3 Å². The third kappa shape index (κ3) is 4.90. The van der Waals surface area contributed by atoms with Crippen LogP contribution in [0.5, 0.6) is 0 Å². The Bertz CT molecular complexity index is 464. The SMILES string of the molecule is O=C(NCCOCC(F)(F)F)N1CCCC[C@@H]1c1cn[nH]c1. The molecule has 2 heterocycles. The highest BCUT2D eigenvalue weighted by Crippen LogP contribution is 2.30. The molecule has 0 spiro atoms. The molecule has 0 unspecified atom stereocenters. The molecule has 0 aliphatic carbocycles. The number of urea groups is 1. The first kappa shape index (κ1) is 16.6. The summed E-state index contributed by atoms with van der Waals surface area (Å²) in [4.78, 5) is 13.9. The van der Waals surface area contributed by atoms with Crippen molar-refractivity contribution in [2.45, 2.75) is 31.5 Å². The smallest absolute Gasteiger partial charge is 0.370 e. The molecule has 1 aromatic rings. The second-order valence-electron chi connectivity index (χ2n) is 5.14. The lowest BCUT2D eigenvalue weighted by atomic mass is 9.98. The van der Waals surface area contributed by atoms with Gasteiger partial charge in [0.05, 0.1) is 18.8 Å². The molecule has 0 radical (unpaired) electrons. The van der Waals surface area contributed by atoms with E-state index in [9.17, 15) is 18.0 Å². The van der Waals surface area contributed by atoms with Gasteiger partial charge >= 0.3 is 12.2 Å². The molecule has 0 aromatic carbocycles. The van der Waals surface area contributed by atoms with E-state index in [0.717, 1.165) is 24.8 Å². The van der Waals surface area contributed by atoms with Gasteiger partial charge in [0.2, 0.25) is 0 Å². The number of aromatic amines is 1. The summed E-state index contributed by atoms with van der Waals surface area (Å²) in [6, 6.07) is -0.342. The first-order chi connectivity index (χ1) is 10.5. The van der Waals surface area contributed by atoms with Crippen LogP contribution in [-0.4, -0.2) is 53.6 Å². The molecule has 6 nitrogen and oxygen atoms in total. The molecule has 1 aliphatic rings. The van der Waals surface area contributed by atoms with Crippen LogP contribution in [0.15, 0.2) is 12.4 Å². The van der Waals surface area contributed by atoms with Crippen molar-refractivity contribution >= 4 is 6.03 Å². The summed E-state index contributed by atoms with van der Waals surface area (Å²) in [6.45, 7) is -0.811. The number of H-pyrrole nitrogens is 1. The normalized spacial score (nSPS) is 19.2. The van der Waals surface area contributed by atoms with Gasteiger partial charge in [0, 0.05) is 24.8 Å². The van der Waals surface area contributed by atoms with E-state index < -0.39 is 12.8 Å². The molecule has 124 valence electrons. The maximum absolute atomic E-state index is 12.2. The van der Waals surface area contributed by atoms with Crippen LogP contribution in [0.1, 0.15) is 30.9 Å². The van der Waals surface area contributed by atoms with Gasteiger partial charge in [-0.1, -0.05) is 0 Å². The van der Waals surface area contributed by atoms with Crippen LogP contribution >= 0.6 is 0 Å². The van der Waals surface area contributed by atoms with Crippen molar-refractivity contribution in [2.24, 2.45) is 0 Å². The van der Waals surface area contributed by atoms with Crippen LogP contribution in [0.4, 0.5) is 18.0 Å². The fourth-order valence-corrected chi connectivity index (χ4v) is 2.48. The van der Waals surface area contributed by atoms with Gasteiger partial charge in [0.1, 0.15) is 6.61 Å². The molecule has 0 saturated carbocycles. The Morgan fingerprint density at radius 2 is 2.32 bits per heavy atom. The number of rotatable bonds is 5. The minimum Gasteiger partial charge on any atom is -0.370 e. The van der Waals surface area contributed by atoms with Crippen LogP contribution in [0, 0.1) is 0 Å². The molecule has 1 aliphatic heterocycles. The number of nitrogens with one attached hydrogen (secondary N) is 2. The quantitative estimate of drug-likeness (QED) is 0.817. The lowest BCUT2D eigenvalue weighted by Gasteiger charge is -2.35. The summed E-state index contributed by atoms with van der Waals surface area (Å²) >= 11 is 0. The summed E-state index contributed by atoms with van der Waals surface area (Å²) < 4.78 is 40.2. The van der Waals surface area contributed by atoms with Crippen molar-refractivity contribution in [3.63, 3.8) is 0 Å². The molecule has 2 rings (SSSR count). The average Bonchev–Trinajstić information content (AvgIpc) is 2.99. The lowest BCUT2D eigenvalue weighted by Crippen LogP contribution is -2.45. The largest absolute Gasteiger partial charge is 0.411 e. The molecule has 2 amide bonds. The number of ether oxygens (including phenoxy) is 1. The third-order valence-electron chi connectivity index (χ3n) is 3.46. The molecular weight excluding hydrogens is 301 g/mol. The van der Waals surface area contributed by atoms with Gasteiger partial charge in [0.25, 0.3) is 0 Å². The monoisotopic (exact) mass is 320 g/mol. The third-order valence-corrected chi connectivity index (χ3v) is 3.46. The molecule has 0 bridgehead atoms. The molecular formula is C13H19F3N4O2. The van der Waals surface area contributed by atoms with E-state index in [-0.39, 0.29) is 25.2 Å². The van der Waals surface area contributed by atoms with Crippen molar-refractivity contribution < 1.29 is 22.7 Å². The van der Waals surface area contributed by atoms with Crippen molar-refractivity contribution in [1.29, 1.82) is 0 Å². The first-order valence-electron chi connectivity index (χ1n) is 7.15. The zero-order valence-electron chi connectivity index (χ0n) is 12.0. The second-order valence-corrected chi connectivity index (χ2v) is 5.14. The Hall–Kier alpha value is -1.77. The fourth-order valence-electron chi connectivity index (χ4n) is 2.48. The van der Waals surface area contributed by atoms with Crippen molar-refractivity contribution in [3.05, 3.63) is 18.0 Å². The maximum Gasteiger partial charge on any atom is 0.411 e. The predicted octanol–water partition coefficient (Wildman–Crippen LogP) is 2.23. The van der Waals surface area contributed by atoms with E-state index in [1.807, 2.05) is 0 Å². The van der Waals surface area contributed by atoms with Gasteiger partial charge in [-0.3, -0.25) is 5.10 Å². The Morgan fingerprint density at radius 3 is 3.00 bits per heavy atom. The second kappa shape index (κ2) is 7.48. The van der Waals surface area contributed by atoms with Gasteiger partial charge in [0.15, 0.2) is 0 Å². The number of likely N-dealkylation sites (tertiary alicyclic amines) is 1. The number of aromatic nitrogens is 2. The Labute approximate surface area is 126 Å². The van der Waals surface area contributed by atoms with Gasteiger partial charge in [-0.2, -0.15) is 18.3 Å². The summed E-state index contributed by atoms with van der Waals surface area (Å²) in [5.74, 6) is 0. The number of alkyl halides is 3. The molecule has 2 N–H and O–H groups in total. The molecule has 1 saturated heterocycles. The number of carbonyl (C=O) groups is 1. The molecule has 9 heteroatoms. The molecule has 1 fully saturated rings. The van der Waals surface area contributed by atoms with Crippen LogP contribution in [0.2, 0.25) is 0 Å². The van der Waals surface area contributed by atoms with E-state index in [2.05, 4.69) is 20.3 Å². The summed E-state index contributed by atoms with van der Waals surface area (Å²) in [7, 11) is 0. The van der Waals surface area contributed by atoms with Gasteiger partial charge in [-0.25, -0.2) is 4.79 Å². The first-order valence-corrected chi connectivity index (χ1v) is 7.15. The Morgan fingerprint density at radius 1 is 1.50 bits per heavy atom. The highest BCUT2D eigenvalue weighted by Gasteiger charge is 2.29. The van der Waals surface area contributed by atoms with Crippen LogP contribution in [0.3, 0.4) is 0 Å². The minimum atomic E-state index is -4.34. The van der Waals surface area contributed by atoms with Crippen LogP contribution in [-0.2, 0) is 4.74 Å². The number of halogens is 3. The van der Waals surface area contributed by atoms with E-state index in [1.54, 1.807) is 17.3 Å². The van der Waals surface area contributed by atoms with E-state index in [1.165, 1.54) is 0 Å². The standard InChI is InChI=1S/C13H19F3N4O2/c14-13(15,16)9-22-6-4-17-12(21)20-5-2-1-3-11(20)10-7-18-19-8-10/h7-8,11H,1-6,9H2,(H,17,21)(H,18,19)/t11-/m1/s1. The van der Waals surface area contributed by atoms with Crippen LogP contribution in [0.25, 0.3) is 0 Å². The molecule has 1 aromatic heterocycles. The number of nitrogens with zero attached hydrogens (tertiary/aromatic N) is 2. The summed E-state index contributed by atoms with van der Waals surface area (Å²) in [5, 5.41) is 9.21. The van der Waals surface area contributed by atoms with Crippen LogP contribution < -0.4 is 5.32 Å². The van der Waals surface area contributed by atoms with Gasteiger partial charge in [-0.05, 0) is 19.3 Å². The van der Waals surface area contributed by atoms with E-state index >= 15 is 0 Å². The maximum atomic E-state index is 12.2. The zero-order valence-corrected chi connectivity index (χ0v) is 12.0. The average molecular weight is 320 g/mol. The minimum absolute atomic E-state index is 0.0452. The van der Waals surface area contributed by atoms with Crippen molar-refractivity contribution in [3.8, 4) is 0 Å². The summed E-state index contributed by atoms with van der Waals surface area (Å²) in [6.07, 6.45) is 1.87. The van der Waals surface area contributed by atoms with E-state index in [4.69, 9.17) is 0 Å². The Kier molecular flexibility index (Phi) is 5.64. The fraction of sp³-hybridized carbons (Fsp3) is 0.692. The highest BCUT2D eigenvalue weighted by atomic mass is 19.4. The number of hydrogen-bond donors (Lipinski definition) is 2. The summed E-state index contributed by atoms with van der Waals surface area (Å²) in [5.41, 5.74) is 0.933. The van der Waals surface area contributed by atoms with Gasteiger partial charge < -0.3 is 15.0 Å².